The fourth-order valence-electron chi connectivity index (χ4n) is 2.12. The molecular weight excluding hydrogens is 268 g/mol. The summed E-state index contributed by atoms with van der Waals surface area (Å²) in [5, 5.41) is 14.2. The smallest absolute Gasteiger partial charge is 0.273 e. The summed E-state index contributed by atoms with van der Waals surface area (Å²) < 4.78 is 5.55. The van der Waals surface area contributed by atoms with E-state index in [-0.39, 0.29) is 10.6 Å². The number of benzene rings is 2. The number of nitrogens with one attached hydrogen (secondary N) is 1. The van der Waals surface area contributed by atoms with E-state index < -0.39 is 0 Å². The first-order chi connectivity index (χ1) is 10.2. The summed E-state index contributed by atoms with van der Waals surface area (Å²) in [6.45, 7) is 3.60. The number of hydrogen-bond acceptors (Lipinski definition) is 4. The molecule has 2 aromatic rings. The van der Waals surface area contributed by atoms with Crippen LogP contribution in [0.3, 0.4) is 0 Å². The zero-order valence-electron chi connectivity index (χ0n) is 11.9. The van der Waals surface area contributed by atoms with Gasteiger partial charge in [-0.2, -0.15) is 0 Å². The predicted molar refractivity (Wildman–Crippen MR) is 81.3 cm³/mol. The first-order valence-corrected chi connectivity index (χ1v) is 6.86. The molecule has 0 aliphatic heterocycles. The van der Waals surface area contributed by atoms with E-state index in [1.807, 2.05) is 31.2 Å². The summed E-state index contributed by atoms with van der Waals surface area (Å²) in [7, 11) is 0. The lowest BCUT2D eigenvalue weighted by atomic mass is 10.1. The van der Waals surface area contributed by atoms with Crippen molar-refractivity contribution in [2.45, 2.75) is 20.0 Å². The van der Waals surface area contributed by atoms with Crippen molar-refractivity contribution in [3.63, 3.8) is 0 Å². The van der Waals surface area contributed by atoms with Crippen molar-refractivity contribution in [1.82, 2.24) is 5.32 Å². The van der Waals surface area contributed by atoms with Gasteiger partial charge in [-0.15, -0.1) is 0 Å². The summed E-state index contributed by atoms with van der Waals surface area (Å²) in [6, 6.07) is 14.5. The van der Waals surface area contributed by atoms with Crippen molar-refractivity contribution in [3.05, 3.63) is 69.8 Å². The molecule has 0 bridgehead atoms. The Morgan fingerprint density at radius 2 is 1.67 bits per heavy atom. The third-order valence-electron chi connectivity index (χ3n) is 3.09. The molecule has 0 fully saturated rings. The maximum atomic E-state index is 11.0. The van der Waals surface area contributed by atoms with Gasteiger partial charge in [0, 0.05) is 30.3 Å². The molecule has 0 atom stereocenters. The monoisotopic (exact) mass is 286 g/mol. The lowest BCUT2D eigenvalue weighted by Gasteiger charge is -2.11. The normalized spacial score (nSPS) is 10.3. The minimum atomic E-state index is -0.356. The Bertz CT molecular complexity index is 614. The number of ether oxygens (including phenoxy) is 1. The average molecular weight is 286 g/mol. The Kier molecular flexibility index (Phi) is 5.29. The summed E-state index contributed by atoms with van der Waals surface area (Å²) >= 11 is 0. The summed E-state index contributed by atoms with van der Waals surface area (Å²) in [4.78, 5) is 10.6. The van der Waals surface area contributed by atoms with Crippen LogP contribution >= 0.6 is 0 Å². The van der Waals surface area contributed by atoms with Crippen LogP contribution in [0.25, 0.3) is 0 Å². The van der Waals surface area contributed by atoms with Crippen LogP contribution in [0, 0.1) is 10.1 Å². The molecule has 2 rings (SSSR count). The van der Waals surface area contributed by atoms with E-state index in [0.29, 0.717) is 25.3 Å². The summed E-state index contributed by atoms with van der Waals surface area (Å²) in [6.07, 6.45) is 0. The van der Waals surface area contributed by atoms with Gasteiger partial charge in [0.15, 0.2) is 0 Å². The number of hydrogen-bond donors (Lipinski definition) is 1. The zero-order chi connectivity index (χ0) is 15.1. The molecule has 0 aliphatic carbocycles. The molecule has 5 nitrogen and oxygen atoms in total. The minimum absolute atomic E-state index is 0.142. The van der Waals surface area contributed by atoms with Gasteiger partial charge in [-0.05, 0) is 13.0 Å². The van der Waals surface area contributed by atoms with E-state index >= 15 is 0 Å². The average Bonchev–Trinajstić information content (AvgIpc) is 2.49. The predicted octanol–water partition coefficient (Wildman–Crippen LogP) is 3.28. The van der Waals surface area contributed by atoms with E-state index in [4.69, 9.17) is 4.74 Å². The topological polar surface area (TPSA) is 64.4 Å². The number of para-hydroxylation sites is 2. The molecule has 0 saturated carbocycles. The third kappa shape index (κ3) is 4.03. The van der Waals surface area contributed by atoms with Crippen LogP contribution in [-0.4, -0.2) is 11.5 Å². The SMILES string of the molecule is CCOc1ccccc1CNCc1ccccc1[N+](=O)[O-]. The van der Waals surface area contributed by atoms with Crippen molar-refractivity contribution in [2.75, 3.05) is 6.61 Å². The fraction of sp³-hybridized carbons (Fsp3) is 0.250. The molecule has 0 radical (unpaired) electrons. The van der Waals surface area contributed by atoms with Gasteiger partial charge >= 0.3 is 0 Å². The Hall–Kier alpha value is -2.40. The van der Waals surface area contributed by atoms with Crippen LogP contribution in [-0.2, 0) is 13.1 Å². The number of nitro groups is 1. The van der Waals surface area contributed by atoms with E-state index in [0.717, 1.165) is 11.3 Å². The molecule has 0 heterocycles. The highest BCUT2D eigenvalue weighted by Gasteiger charge is 2.11. The second-order valence-electron chi connectivity index (χ2n) is 4.53. The molecule has 0 amide bonds. The van der Waals surface area contributed by atoms with Gasteiger partial charge in [0.25, 0.3) is 5.69 Å². The van der Waals surface area contributed by atoms with Crippen molar-refractivity contribution >= 4 is 5.69 Å². The fourth-order valence-corrected chi connectivity index (χ4v) is 2.12. The van der Waals surface area contributed by atoms with Crippen LogP contribution < -0.4 is 10.1 Å². The second-order valence-corrected chi connectivity index (χ2v) is 4.53. The summed E-state index contributed by atoms with van der Waals surface area (Å²) in [5.74, 6) is 0.843. The molecular formula is C16H18N2O3. The number of rotatable bonds is 7. The van der Waals surface area contributed by atoms with Gasteiger partial charge in [-0.1, -0.05) is 36.4 Å². The lowest BCUT2D eigenvalue weighted by Crippen LogP contribution is -2.14. The van der Waals surface area contributed by atoms with Crippen LogP contribution in [0.5, 0.6) is 5.75 Å². The quantitative estimate of drug-likeness (QED) is 0.626. The van der Waals surface area contributed by atoms with Crippen molar-refractivity contribution in [1.29, 1.82) is 0 Å². The van der Waals surface area contributed by atoms with Gasteiger partial charge in [0.2, 0.25) is 0 Å². The maximum absolute atomic E-state index is 11.0. The lowest BCUT2D eigenvalue weighted by molar-refractivity contribution is -0.385. The molecule has 1 N–H and O–H groups in total. The van der Waals surface area contributed by atoms with Gasteiger partial charge in [-0.25, -0.2) is 0 Å². The van der Waals surface area contributed by atoms with Gasteiger partial charge in [0.05, 0.1) is 11.5 Å². The molecule has 2 aromatic carbocycles. The van der Waals surface area contributed by atoms with Gasteiger partial charge in [0.1, 0.15) is 5.75 Å². The number of nitro benzene ring substituents is 1. The van der Waals surface area contributed by atoms with E-state index in [2.05, 4.69) is 5.32 Å². The van der Waals surface area contributed by atoms with Crippen molar-refractivity contribution < 1.29 is 9.66 Å². The molecule has 0 spiro atoms. The molecule has 0 aliphatic rings. The Morgan fingerprint density at radius 1 is 1.05 bits per heavy atom. The highest BCUT2D eigenvalue weighted by atomic mass is 16.6. The van der Waals surface area contributed by atoms with E-state index in [1.165, 1.54) is 6.07 Å². The Morgan fingerprint density at radius 3 is 2.38 bits per heavy atom. The Balaban J connectivity index is 2.01. The van der Waals surface area contributed by atoms with Crippen molar-refractivity contribution in [2.24, 2.45) is 0 Å². The van der Waals surface area contributed by atoms with Gasteiger partial charge < -0.3 is 10.1 Å². The number of nitrogens with zero attached hydrogens (tertiary/aromatic N) is 1. The standard InChI is InChI=1S/C16H18N2O3/c1-2-21-16-10-6-4-8-14(16)12-17-11-13-7-3-5-9-15(13)18(19)20/h3-10,17H,2,11-12H2,1H3. The van der Waals surface area contributed by atoms with Crippen molar-refractivity contribution in [3.8, 4) is 5.75 Å². The molecule has 0 aromatic heterocycles. The largest absolute Gasteiger partial charge is 0.494 e. The van der Waals surface area contributed by atoms with E-state index in [1.54, 1.807) is 18.2 Å². The van der Waals surface area contributed by atoms with Crippen LogP contribution in [0.15, 0.2) is 48.5 Å². The Labute approximate surface area is 123 Å². The van der Waals surface area contributed by atoms with Crippen LogP contribution in [0.1, 0.15) is 18.1 Å². The molecule has 110 valence electrons. The minimum Gasteiger partial charge on any atom is -0.494 e. The third-order valence-corrected chi connectivity index (χ3v) is 3.09. The van der Waals surface area contributed by atoms with Crippen LogP contribution in [0.4, 0.5) is 5.69 Å². The first kappa shape index (κ1) is 15.0. The first-order valence-electron chi connectivity index (χ1n) is 6.86. The van der Waals surface area contributed by atoms with Gasteiger partial charge in [-0.3, -0.25) is 10.1 Å². The highest BCUT2D eigenvalue weighted by molar-refractivity contribution is 5.40. The molecule has 5 heteroatoms. The second kappa shape index (κ2) is 7.40. The summed E-state index contributed by atoms with van der Waals surface area (Å²) in [5.41, 5.74) is 1.86. The molecule has 21 heavy (non-hydrogen) atoms. The van der Waals surface area contributed by atoms with Crippen LogP contribution in [0.2, 0.25) is 0 Å². The highest BCUT2D eigenvalue weighted by Crippen LogP contribution is 2.19. The van der Waals surface area contributed by atoms with E-state index in [9.17, 15) is 10.1 Å². The zero-order valence-corrected chi connectivity index (χ0v) is 11.9. The molecule has 0 saturated heterocycles. The maximum Gasteiger partial charge on any atom is 0.273 e. The molecule has 0 unspecified atom stereocenters.